The summed E-state index contributed by atoms with van der Waals surface area (Å²) in [6, 6.07) is 15.6. The van der Waals surface area contributed by atoms with Crippen LogP contribution in [0.1, 0.15) is 18.1 Å². The molecular weight excluding hydrogens is 380 g/mol. The van der Waals surface area contributed by atoms with E-state index in [9.17, 15) is 4.79 Å². The Labute approximate surface area is 168 Å². The molecule has 0 aliphatic carbocycles. The van der Waals surface area contributed by atoms with Crippen molar-refractivity contribution < 1.29 is 4.79 Å². The second-order valence-electron chi connectivity index (χ2n) is 6.11. The number of nitrogens with one attached hydrogen (secondary N) is 1. The lowest BCUT2D eigenvalue weighted by molar-refractivity contribution is -0.118. The zero-order valence-corrected chi connectivity index (χ0v) is 16.8. The van der Waals surface area contributed by atoms with E-state index < -0.39 is 0 Å². The molecule has 27 heavy (non-hydrogen) atoms. The van der Waals surface area contributed by atoms with Crippen molar-refractivity contribution in [3.8, 4) is 11.4 Å². The molecule has 3 rings (SSSR count). The molecule has 0 atom stereocenters. The van der Waals surface area contributed by atoms with Crippen LogP contribution in [-0.2, 0) is 17.9 Å². The molecule has 0 aliphatic rings. The van der Waals surface area contributed by atoms with Gasteiger partial charge in [0.05, 0.1) is 5.75 Å². The number of thioether (sulfide) groups is 1. The van der Waals surface area contributed by atoms with Crippen molar-refractivity contribution in [3.63, 3.8) is 0 Å². The molecular formula is C20H21ClN4OS. The van der Waals surface area contributed by atoms with E-state index >= 15 is 0 Å². The number of carbonyl (C=O) groups is 1. The molecule has 1 aromatic heterocycles. The van der Waals surface area contributed by atoms with E-state index in [1.54, 1.807) is 0 Å². The Morgan fingerprint density at radius 2 is 1.96 bits per heavy atom. The van der Waals surface area contributed by atoms with Crippen LogP contribution in [0.25, 0.3) is 11.4 Å². The fourth-order valence-electron chi connectivity index (χ4n) is 2.61. The molecule has 7 heteroatoms. The molecule has 1 amide bonds. The van der Waals surface area contributed by atoms with E-state index in [-0.39, 0.29) is 5.91 Å². The summed E-state index contributed by atoms with van der Waals surface area (Å²) in [5, 5.41) is 12.8. The van der Waals surface area contributed by atoms with Gasteiger partial charge in [0.25, 0.3) is 0 Å². The van der Waals surface area contributed by atoms with Gasteiger partial charge in [-0.05, 0) is 31.5 Å². The van der Waals surface area contributed by atoms with Crippen molar-refractivity contribution >= 4 is 29.3 Å². The van der Waals surface area contributed by atoms with Crippen molar-refractivity contribution in [1.82, 2.24) is 20.1 Å². The summed E-state index contributed by atoms with van der Waals surface area (Å²) < 4.78 is 1.99. The highest BCUT2D eigenvalue weighted by Gasteiger charge is 2.14. The van der Waals surface area contributed by atoms with E-state index in [4.69, 9.17) is 11.6 Å². The molecule has 0 spiro atoms. The Morgan fingerprint density at radius 1 is 1.19 bits per heavy atom. The Balaban J connectivity index is 1.60. The number of carbonyl (C=O) groups excluding carboxylic acids is 1. The molecule has 0 aliphatic heterocycles. The first-order valence-corrected chi connectivity index (χ1v) is 10.1. The summed E-state index contributed by atoms with van der Waals surface area (Å²) in [6.45, 7) is 5.30. The van der Waals surface area contributed by atoms with Gasteiger partial charge in [-0.15, -0.1) is 10.2 Å². The first-order valence-electron chi connectivity index (χ1n) is 8.71. The van der Waals surface area contributed by atoms with Gasteiger partial charge < -0.3 is 9.88 Å². The van der Waals surface area contributed by atoms with Gasteiger partial charge in [-0.3, -0.25) is 4.79 Å². The van der Waals surface area contributed by atoms with Crippen LogP contribution >= 0.6 is 23.4 Å². The quantitative estimate of drug-likeness (QED) is 0.599. The van der Waals surface area contributed by atoms with Crippen LogP contribution in [0.5, 0.6) is 0 Å². The third-order valence-corrected chi connectivity index (χ3v) is 5.26. The predicted molar refractivity (Wildman–Crippen MR) is 110 cm³/mol. The van der Waals surface area contributed by atoms with Crippen LogP contribution < -0.4 is 5.32 Å². The predicted octanol–water partition coefficient (Wildman–Crippen LogP) is 4.34. The van der Waals surface area contributed by atoms with Gasteiger partial charge in [-0.25, -0.2) is 0 Å². The van der Waals surface area contributed by atoms with Crippen LogP contribution in [0.15, 0.2) is 53.7 Å². The van der Waals surface area contributed by atoms with E-state index in [0.717, 1.165) is 22.1 Å². The Morgan fingerprint density at radius 3 is 2.67 bits per heavy atom. The van der Waals surface area contributed by atoms with Crippen LogP contribution in [0.4, 0.5) is 0 Å². The number of aromatic nitrogens is 3. The maximum absolute atomic E-state index is 12.2. The van der Waals surface area contributed by atoms with E-state index in [1.165, 1.54) is 17.3 Å². The molecule has 3 aromatic rings. The lowest BCUT2D eigenvalue weighted by Crippen LogP contribution is -2.24. The Bertz CT molecular complexity index is 924. The number of hydrogen-bond acceptors (Lipinski definition) is 4. The van der Waals surface area contributed by atoms with E-state index in [0.29, 0.717) is 23.9 Å². The normalized spacial score (nSPS) is 10.8. The highest BCUT2D eigenvalue weighted by molar-refractivity contribution is 7.99. The van der Waals surface area contributed by atoms with E-state index in [2.05, 4.69) is 15.5 Å². The zero-order chi connectivity index (χ0) is 19.2. The summed E-state index contributed by atoms with van der Waals surface area (Å²) in [5.41, 5.74) is 3.20. The molecule has 0 unspecified atom stereocenters. The Kier molecular flexibility index (Phi) is 6.53. The molecule has 2 aromatic carbocycles. The minimum absolute atomic E-state index is 0.0319. The number of amides is 1. The molecule has 0 saturated heterocycles. The first kappa shape index (κ1) is 19.5. The molecule has 0 radical (unpaired) electrons. The minimum Gasteiger partial charge on any atom is -0.351 e. The second-order valence-corrected chi connectivity index (χ2v) is 7.49. The van der Waals surface area contributed by atoms with Gasteiger partial charge in [0.15, 0.2) is 11.0 Å². The summed E-state index contributed by atoms with van der Waals surface area (Å²) in [5.74, 6) is 1.01. The van der Waals surface area contributed by atoms with Gasteiger partial charge in [-0.2, -0.15) is 0 Å². The highest BCUT2D eigenvalue weighted by atomic mass is 35.5. The number of halogens is 1. The SMILES string of the molecule is CCn1c(SCC(=O)NCc2ccc(C)cc2)nnc1-c1cccc(Cl)c1. The number of aryl methyl sites for hydroxylation is 1. The van der Waals surface area contributed by atoms with Crippen LogP contribution in [0.2, 0.25) is 5.02 Å². The largest absolute Gasteiger partial charge is 0.351 e. The summed E-state index contributed by atoms with van der Waals surface area (Å²) >= 11 is 7.46. The van der Waals surface area contributed by atoms with Gasteiger partial charge in [0.2, 0.25) is 5.91 Å². The average molecular weight is 401 g/mol. The summed E-state index contributed by atoms with van der Waals surface area (Å²) in [7, 11) is 0. The van der Waals surface area contributed by atoms with Crippen molar-refractivity contribution in [3.05, 3.63) is 64.7 Å². The van der Waals surface area contributed by atoms with Gasteiger partial charge in [0.1, 0.15) is 0 Å². The maximum Gasteiger partial charge on any atom is 0.230 e. The average Bonchev–Trinajstić information content (AvgIpc) is 3.09. The molecule has 140 valence electrons. The van der Waals surface area contributed by atoms with Gasteiger partial charge >= 0.3 is 0 Å². The standard InChI is InChI=1S/C20H21ClN4OS/c1-3-25-19(16-5-4-6-17(21)11-16)23-24-20(25)27-13-18(26)22-12-15-9-7-14(2)8-10-15/h4-11H,3,12-13H2,1-2H3,(H,22,26). The third kappa shape index (κ3) is 5.11. The van der Waals surface area contributed by atoms with Crippen molar-refractivity contribution in [2.24, 2.45) is 0 Å². The van der Waals surface area contributed by atoms with Crippen molar-refractivity contribution in [2.75, 3.05) is 5.75 Å². The van der Waals surface area contributed by atoms with Crippen LogP contribution in [0, 0.1) is 6.92 Å². The fourth-order valence-corrected chi connectivity index (χ4v) is 3.63. The topological polar surface area (TPSA) is 59.8 Å². The number of benzene rings is 2. The zero-order valence-electron chi connectivity index (χ0n) is 15.3. The second kappa shape index (κ2) is 9.06. The highest BCUT2D eigenvalue weighted by Crippen LogP contribution is 2.25. The first-order chi connectivity index (χ1) is 13.1. The lowest BCUT2D eigenvalue weighted by atomic mass is 10.1. The minimum atomic E-state index is -0.0319. The maximum atomic E-state index is 12.2. The van der Waals surface area contributed by atoms with Gasteiger partial charge in [-0.1, -0.05) is 65.3 Å². The molecule has 0 fully saturated rings. The fraction of sp³-hybridized carbons (Fsp3) is 0.250. The van der Waals surface area contributed by atoms with Crippen molar-refractivity contribution in [2.45, 2.75) is 32.1 Å². The molecule has 1 N–H and O–H groups in total. The number of hydrogen-bond donors (Lipinski definition) is 1. The molecule has 1 heterocycles. The number of rotatable bonds is 7. The number of nitrogens with zero attached hydrogens (tertiary/aromatic N) is 3. The molecule has 5 nitrogen and oxygen atoms in total. The monoisotopic (exact) mass is 400 g/mol. The smallest absolute Gasteiger partial charge is 0.230 e. The van der Waals surface area contributed by atoms with Crippen LogP contribution in [0.3, 0.4) is 0 Å². The Hall–Kier alpha value is -2.31. The molecule has 0 bridgehead atoms. The summed E-state index contributed by atoms with van der Waals surface area (Å²) in [4.78, 5) is 12.2. The third-order valence-electron chi connectivity index (χ3n) is 4.06. The summed E-state index contributed by atoms with van der Waals surface area (Å²) in [6.07, 6.45) is 0. The van der Waals surface area contributed by atoms with Crippen molar-refractivity contribution in [1.29, 1.82) is 0 Å². The molecule has 0 saturated carbocycles. The van der Waals surface area contributed by atoms with Crippen LogP contribution in [-0.4, -0.2) is 26.4 Å². The van der Waals surface area contributed by atoms with E-state index in [1.807, 2.05) is 66.9 Å². The lowest BCUT2D eigenvalue weighted by Gasteiger charge is -2.08. The van der Waals surface area contributed by atoms with Gasteiger partial charge in [0, 0.05) is 23.7 Å².